The van der Waals surface area contributed by atoms with E-state index in [1.54, 1.807) is 4.90 Å². The summed E-state index contributed by atoms with van der Waals surface area (Å²) in [7, 11) is -1.43. The Labute approximate surface area is 146 Å². The van der Waals surface area contributed by atoms with Crippen molar-refractivity contribution in [3.63, 3.8) is 0 Å². The van der Waals surface area contributed by atoms with Gasteiger partial charge in [0.25, 0.3) is 0 Å². The molecule has 9 heteroatoms. The van der Waals surface area contributed by atoms with Crippen LogP contribution >= 0.6 is 12.4 Å². The molecule has 1 rings (SSSR count). The van der Waals surface area contributed by atoms with E-state index < -0.39 is 10.0 Å². The van der Waals surface area contributed by atoms with Crippen LogP contribution in [0.5, 0.6) is 0 Å². The van der Waals surface area contributed by atoms with Crippen LogP contribution in [0.4, 0.5) is 0 Å². The summed E-state index contributed by atoms with van der Waals surface area (Å²) in [5.74, 6) is 0.108. The number of hydrogen-bond donors (Lipinski definition) is 1. The van der Waals surface area contributed by atoms with Crippen LogP contribution in [0.1, 0.15) is 26.7 Å². The Morgan fingerprint density at radius 3 is 2.35 bits per heavy atom. The summed E-state index contributed by atoms with van der Waals surface area (Å²) in [5, 5.41) is 3.01. The van der Waals surface area contributed by atoms with Crippen LogP contribution in [0, 0.1) is 0 Å². The Kier molecular flexibility index (Phi) is 11.0. The maximum atomic E-state index is 12.2. The van der Waals surface area contributed by atoms with E-state index in [-0.39, 0.29) is 36.8 Å². The summed E-state index contributed by atoms with van der Waals surface area (Å²) < 4.78 is 31.2. The van der Waals surface area contributed by atoms with E-state index in [4.69, 9.17) is 4.74 Å². The van der Waals surface area contributed by atoms with E-state index in [9.17, 15) is 13.2 Å². The first-order valence-electron chi connectivity index (χ1n) is 7.88. The number of hydrogen-bond acceptors (Lipinski definition) is 5. The highest BCUT2D eigenvalue weighted by molar-refractivity contribution is 7.89. The van der Waals surface area contributed by atoms with E-state index in [1.165, 1.54) is 4.31 Å². The van der Waals surface area contributed by atoms with Gasteiger partial charge in [-0.15, -0.1) is 12.4 Å². The molecule has 1 amide bonds. The van der Waals surface area contributed by atoms with Gasteiger partial charge in [-0.1, -0.05) is 0 Å². The fraction of sp³-hybridized carbons (Fsp3) is 0.929. The molecule has 0 atom stereocenters. The molecule has 0 bridgehead atoms. The predicted octanol–water partition coefficient (Wildman–Crippen LogP) is 0.307. The summed E-state index contributed by atoms with van der Waals surface area (Å²) in [5.41, 5.74) is 0. The van der Waals surface area contributed by atoms with Crippen molar-refractivity contribution in [3.05, 3.63) is 0 Å². The number of nitrogens with one attached hydrogen (secondary N) is 1. The lowest BCUT2D eigenvalue weighted by molar-refractivity contribution is -0.132. The van der Waals surface area contributed by atoms with Crippen molar-refractivity contribution < 1.29 is 17.9 Å². The first-order valence-corrected chi connectivity index (χ1v) is 9.49. The van der Waals surface area contributed by atoms with Gasteiger partial charge in [0.15, 0.2) is 0 Å². The van der Waals surface area contributed by atoms with Gasteiger partial charge < -0.3 is 15.0 Å². The fourth-order valence-electron chi connectivity index (χ4n) is 2.31. The van der Waals surface area contributed by atoms with Crippen molar-refractivity contribution in [2.75, 3.05) is 52.1 Å². The zero-order valence-electron chi connectivity index (χ0n) is 14.3. The molecule has 23 heavy (non-hydrogen) atoms. The smallest absolute Gasteiger partial charge is 0.222 e. The molecule has 138 valence electrons. The summed E-state index contributed by atoms with van der Waals surface area (Å²) >= 11 is 0. The number of carbonyl (C=O) groups excluding carboxylic acids is 1. The normalized spacial score (nSPS) is 16.4. The molecule has 0 unspecified atom stereocenters. The van der Waals surface area contributed by atoms with Gasteiger partial charge in [-0.25, -0.2) is 8.42 Å². The number of sulfonamides is 1. The van der Waals surface area contributed by atoms with Crippen molar-refractivity contribution in [3.8, 4) is 0 Å². The van der Waals surface area contributed by atoms with Gasteiger partial charge in [0.05, 0.1) is 18.5 Å². The number of piperazine rings is 1. The van der Waals surface area contributed by atoms with Crippen molar-refractivity contribution in [2.45, 2.75) is 32.8 Å². The Bertz CT molecular complexity index is 437. The van der Waals surface area contributed by atoms with Crippen molar-refractivity contribution in [1.29, 1.82) is 0 Å². The molecule has 1 N–H and O–H groups in total. The monoisotopic (exact) mass is 371 g/mol. The van der Waals surface area contributed by atoms with E-state index in [1.807, 2.05) is 20.9 Å². The molecule has 0 aromatic heterocycles. The Hall–Kier alpha value is -0.410. The van der Waals surface area contributed by atoms with E-state index in [2.05, 4.69) is 5.32 Å². The molecule has 7 nitrogen and oxygen atoms in total. The highest BCUT2D eigenvalue weighted by Gasteiger charge is 2.28. The van der Waals surface area contributed by atoms with Crippen LogP contribution in [0.15, 0.2) is 0 Å². The lowest BCUT2D eigenvalue weighted by atomic mass is 10.2. The summed E-state index contributed by atoms with van der Waals surface area (Å²) in [6.45, 7) is 6.49. The van der Waals surface area contributed by atoms with E-state index in [0.717, 1.165) is 13.0 Å². The number of amides is 1. The maximum Gasteiger partial charge on any atom is 0.222 e. The van der Waals surface area contributed by atoms with Crippen LogP contribution in [0.25, 0.3) is 0 Å². The van der Waals surface area contributed by atoms with Gasteiger partial charge in [0.1, 0.15) is 0 Å². The molecule has 0 aliphatic carbocycles. The summed E-state index contributed by atoms with van der Waals surface area (Å²) in [4.78, 5) is 13.7. The number of ether oxygens (including phenoxy) is 1. The zero-order valence-corrected chi connectivity index (χ0v) is 15.9. The molecule has 0 saturated carbocycles. The summed E-state index contributed by atoms with van der Waals surface area (Å²) in [6, 6.07) is 0. The SMILES string of the molecule is CNCCCC(=O)N1CCN(S(=O)(=O)CCOC(C)C)CC1.Cl. The van der Waals surface area contributed by atoms with Gasteiger partial charge in [-0.2, -0.15) is 4.31 Å². The molecule has 1 saturated heterocycles. The minimum atomic E-state index is -3.29. The van der Waals surface area contributed by atoms with Crippen molar-refractivity contribution in [2.24, 2.45) is 0 Å². The third-order valence-corrected chi connectivity index (χ3v) is 5.43. The third kappa shape index (κ3) is 8.30. The van der Waals surface area contributed by atoms with Crippen LogP contribution < -0.4 is 5.32 Å². The minimum absolute atomic E-state index is 0. The van der Waals surface area contributed by atoms with Crippen molar-refractivity contribution in [1.82, 2.24) is 14.5 Å². The van der Waals surface area contributed by atoms with Gasteiger partial charge >= 0.3 is 0 Å². The largest absolute Gasteiger partial charge is 0.378 e. The van der Waals surface area contributed by atoms with Crippen LogP contribution in [0.2, 0.25) is 0 Å². The molecule has 1 fully saturated rings. The van der Waals surface area contributed by atoms with E-state index >= 15 is 0 Å². The first kappa shape index (κ1) is 22.6. The third-order valence-electron chi connectivity index (χ3n) is 3.59. The lowest BCUT2D eigenvalue weighted by Crippen LogP contribution is -2.51. The standard InChI is InChI=1S/C14H29N3O4S.ClH/c1-13(2)21-11-12-22(19,20)17-9-7-16(8-10-17)14(18)5-4-6-15-3;/h13,15H,4-12H2,1-3H3;1H. The maximum absolute atomic E-state index is 12.2. The highest BCUT2D eigenvalue weighted by Crippen LogP contribution is 2.10. The second-order valence-electron chi connectivity index (χ2n) is 5.72. The van der Waals surface area contributed by atoms with Gasteiger partial charge in [0.2, 0.25) is 15.9 Å². The molecular weight excluding hydrogens is 342 g/mol. The first-order chi connectivity index (χ1) is 10.4. The second-order valence-corrected chi connectivity index (χ2v) is 7.81. The lowest BCUT2D eigenvalue weighted by Gasteiger charge is -2.34. The molecular formula is C14H30ClN3O4S. The number of halogens is 1. The molecule has 0 aromatic carbocycles. The number of rotatable bonds is 9. The second kappa shape index (κ2) is 11.2. The average Bonchev–Trinajstić information content (AvgIpc) is 2.47. The quantitative estimate of drug-likeness (QED) is 0.590. The molecule has 0 aromatic rings. The van der Waals surface area contributed by atoms with Gasteiger partial charge in [-0.05, 0) is 33.9 Å². The molecule has 0 radical (unpaired) electrons. The zero-order chi connectivity index (χ0) is 16.6. The Balaban J connectivity index is 0.00000484. The Morgan fingerprint density at radius 2 is 1.83 bits per heavy atom. The molecule has 0 spiro atoms. The van der Waals surface area contributed by atoms with E-state index in [0.29, 0.717) is 32.6 Å². The molecule has 1 aliphatic heterocycles. The van der Waals surface area contributed by atoms with Crippen LogP contribution in [-0.4, -0.2) is 81.8 Å². The predicted molar refractivity (Wildman–Crippen MR) is 93.4 cm³/mol. The highest BCUT2D eigenvalue weighted by atomic mass is 35.5. The van der Waals surface area contributed by atoms with Gasteiger partial charge in [0, 0.05) is 32.6 Å². The number of carbonyl (C=O) groups is 1. The van der Waals surface area contributed by atoms with Gasteiger partial charge in [-0.3, -0.25) is 4.79 Å². The average molecular weight is 372 g/mol. The fourth-order valence-corrected chi connectivity index (χ4v) is 3.59. The van der Waals surface area contributed by atoms with Crippen LogP contribution in [-0.2, 0) is 19.6 Å². The van der Waals surface area contributed by atoms with Crippen LogP contribution in [0.3, 0.4) is 0 Å². The summed E-state index contributed by atoms with van der Waals surface area (Å²) in [6.07, 6.45) is 1.35. The molecule has 1 aliphatic rings. The minimum Gasteiger partial charge on any atom is -0.378 e. The Morgan fingerprint density at radius 1 is 1.22 bits per heavy atom. The topological polar surface area (TPSA) is 79.0 Å². The van der Waals surface area contributed by atoms with Crippen molar-refractivity contribution >= 4 is 28.3 Å². The molecule has 1 heterocycles. The number of nitrogens with zero attached hydrogens (tertiary/aromatic N) is 2.